The van der Waals surface area contributed by atoms with E-state index in [0.29, 0.717) is 12.2 Å². The molecule has 0 aliphatic carbocycles. The Balaban J connectivity index is 2.01. The molecule has 4 heteroatoms. The SMILES string of the molecule is CNCCOC1CCN(CCOC(C)C)CC1. The van der Waals surface area contributed by atoms with Crippen molar-refractivity contribution in [1.82, 2.24) is 10.2 Å². The maximum Gasteiger partial charge on any atom is 0.0600 e. The highest BCUT2D eigenvalue weighted by Gasteiger charge is 2.18. The molecule has 1 saturated heterocycles. The van der Waals surface area contributed by atoms with E-state index in [1.807, 2.05) is 7.05 Å². The summed E-state index contributed by atoms with van der Waals surface area (Å²) in [6.07, 6.45) is 3.12. The van der Waals surface area contributed by atoms with Crippen molar-refractivity contribution < 1.29 is 9.47 Å². The van der Waals surface area contributed by atoms with E-state index in [4.69, 9.17) is 9.47 Å². The molecule has 0 atom stereocenters. The fourth-order valence-electron chi connectivity index (χ4n) is 2.04. The summed E-state index contributed by atoms with van der Waals surface area (Å²) in [5, 5.41) is 3.10. The second-order valence-electron chi connectivity index (χ2n) is 4.93. The zero-order chi connectivity index (χ0) is 12.5. The highest BCUT2D eigenvalue weighted by atomic mass is 16.5. The monoisotopic (exact) mass is 244 g/mol. The average molecular weight is 244 g/mol. The van der Waals surface area contributed by atoms with E-state index >= 15 is 0 Å². The Labute approximate surface area is 106 Å². The van der Waals surface area contributed by atoms with Crippen LogP contribution in [0.1, 0.15) is 26.7 Å². The zero-order valence-electron chi connectivity index (χ0n) is 11.6. The number of rotatable bonds is 8. The van der Waals surface area contributed by atoms with E-state index in [9.17, 15) is 0 Å². The Kier molecular flexibility index (Phi) is 7.77. The topological polar surface area (TPSA) is 33.7 Å². The quantitative estimate of drug-likeness (QED) is 0.649. The Morgan fingerprint density at radius 2 is 1.94 bits per heavy atom. The van der Waals surface area contributed by atoms with Gasteiger partial charge in [0.2, 0.25) is 0 Å². The van der Waals surface area contributed by atoms with Gasteiger partial charge in [-0.15, -0.1) is 0 Å². The van der Waals surface area contributed by atoms with Gasteiger partial charge >= 0.3 is 0 Å². The molecule has 0 aromatic rings. The molecule has 0 aromatic carbocycles. The molecule has 1 heterocycles. The Morgan fingerprint density at radius 3 is 2.53 bits per heavy atom. The van der Waals surface area contributed by atoms with Crippen molar-refractivity contribution in [2.45, 2.75) is 38.9 Å². The third-order valence-corrected chi connectivity index (χ3v) is 3.10. The van der Waals surface area contributed by atoms with Crippen LogP contribution in [0.15, 0.2) is 0 Å². The van der Waals surface area contributed by atoms with Crippen molar-refractivity contribution in [2.75, 3.05) is 46.4 Å². The lowest BCUT2D eigenvalue weighted by atomic mass is 10.1. The average Bonchev–Trinajstić information content (AvgIpc) is 2.31. The number of ether oxygens (including phenoxy) is 2. The van der Waals surface area contributed by atoms with E-state index in [1.165, 1.54) is 0 Å². The fraction of sp³-hybridized carbons (Fsp3) is 1.00. The Morgan fingerprint density at radius 1 is 1.24 bits per heavy atom. The molecule has 0 amide bonds. The van der Waals surface area contributed by atoms with Gasteiger partial charge in [0.1, 0.15) is 0 Å². The predicted molar refractivity (Wildman–Crippen MR) is 70.4 cm³/mol. The van der Waals surface area contributed by atoms with E-state index in [0.717, 1.165) is 52.2 Å². The van der Waals surface area contributed by atoms with Crippen LogP contribution in [0.5, 0.6) is 0 Å². The van der Waals surface area contributed by atoms with Gasteiger partial charge in [-0.25, -0.2) is 0 Å². The lowest BCUT2D eigenvalue weighted by molar-refractivity contribution is -0.00180. The summed E-state index contributed by atoms with van der Waals surface area (Å²) in [7, 11) is 1.96. The van der Waals surface area contributed by atoms with E-state index in [1.54, 1.807) is 0 Å². The van der Waals surface area contributed by atoms with E-state index < -0.39 is 0 Å². The number of hydrogen-bond donors (Lipinski definition) is 1. The van der Waals surface area contributed by atoms with Gasteiger partial charge in [-0.1, -0.05) is 0 Å². The molecule has 17 heavy (non-hydrogen) atoms. The Hall–Kier alpha value is -0.160. The van der Waals surface area contributed by atoms with Crippen LogP contribution in [-0.4, -0.2) is 63.5 Å². The van der Waals surface area contributed by atoms with Crippen LogP contribution in [-0.2, 0) is 9.47 Å². The molecule has 1 rings (SSSR count). The van der Waals surface area contributed by atoms with Gasteiger partial charge < -0.3 is 19.7 Å². The molecule has 1 N–H and O–H groups in total. The normalized spacial score (nSPS) is 19.1. The molecule has 4 nitrogen and oxygen atoms in total. The van der Waals surface area contributed by atoms with Crippen LogP contribution in [0, 0.1) is 0 Å². The van der Waals surface area contributed by atoms with Crippen LogP contribution in [0.25, 0.3) is 0 Å². The molecule has 0 aromatic heterocycles. The second kappa shape index (κ2) is 8.86. The van der Waals surface area contributed by atoms with E-state index in [-0.39, 0.29) is 0 Å². The minimum atomic E-state index is 0.345. The minimum absolute atomic E-state index is 0.345. The molecule has 0 spiro atoms. The highest BCUT2D eigenvalue weighted by Crippen LogP contribution is 2.13. The maximum atomic E-state index is 5.79. The number of nitrogens with zero attached hydrogens (tertiary/aromatic N) is 1. The first-order valence-electron chi connectivity index (χ1n) is 6.82. The summed E-state index contributed by atoms with van der Waals surface area (Å²) < 4.78 is 11.4. The second-order valence-corrected chi connectivity index (χ2v) is 4.93. The summed E-state index contributed by atoms with van der Waals surface area (Å²) in [6.45, 7) is 10.1. The lowest BCUT2D eigenvalue weighted by Crippen LogP contribution is -2.39. The number of likely N-dealkylation sites (N-methyl/N-ethyl adjacent to an activating group) is 1. The van der Waals surface area contributed by atoms with Gasteiger partial charge in [0.15, 0.2) is 0 Å². The van der Waals surface area contributed by atoms with Gasteiger partial charge in [-0.05, 0) is 33.7 Å². The number of piperidine rings is 1. The molecule has 0 bridgehead atoms. The Bertz CT molecular complexity index is 180. The number of nitrogens with one attached hydrogen (secondary N) is 1. The molecule has 0 radical (unpaired) electrons. The third-order valence-electron chi connectivity index (χ3n) is 3.10. The number of likely N-dealkylation sites (tertiary alicyclic amines) is 1. The number of hydrogen-bond acceptors (Lipinski definition) is 4. The minimum Gasteiger partial charge on any atom is -0.377 e. The lowest BCUT2D eigenvalue weighted by Gasteiger charge is -2.31. The van der Waals surface area contributed by atoms with Crippen LogP contribution in [0.2, 0.25) is 0 Å². The van der Waals surface area contributed by atoms with Gasteiger partial charge in [-0.2, -0.15) is 0 Å². The van der Waals surface area contributed by atoms with Crippen molar-refractivity contribution >= 4 is 0 Å². The smallest absolute Gasteiger partial charge is 0.0600 e. The summed E-state index contributed by atoms with van der Waals surface area (Å²) in [5.74, 6) is 0. The van der Waals surface area contributed by atoms with Gasteiger partial charge in [0.25, 0.3) is 0 Å². The fourth-order valence-corrected chi connectivity index (χ4v) is 2.04. The summed E-state index contributed by atoms with van der Waals surface area (Å²) >= 11 is 0. The molecule has 1 aliphatic heterocycles. The van der Waals surface area contributed by atoms with Crippen LogP contribution in [0.3, 0.4) is 0 Å². The molecule has 1 aliphatic rings. The van der Waals surface area contributed by atoms with Crippen molar-refractivity contribution in [3.8, 4) is 0 Å². The van der Waals surface area contributed by atoms with Gasteiger partial charge in [0, 0.05) is 26.2 Å². The van der Waals surface area contributed by atoms with Crippen molar-refractivity contribution in [1.29, 1.82) is 0 Å². The first-order valence-corrected chi connectivity index (χ1v) is 6.82. The summed E-state index contributed by atoms with van der Waals surface area (Å²) in [5.41, 5.74) is 0. The molecule has 0 saturated carbocycles. The van der Waals surface area contributed by atoms with Gasteiger partial charge in [-0.3, -0.25) is 0 Å². The molecule has 1 fully saturated rings. The molecular formula is C13H28N2O2. The first-order chi connectivity index (χ1) is 8.22. The molecule has 102 valence electrons. The summed E-state index contributed by atoms with van der Waals surface area (Å²) in [6, 6.07) is 0. The van der Waals surface area contributed by atoms with Crippen molar-refractivity contribution in [3.63, 3.8) is 0 Å². The standard InChI is InChI=1S/C13H28N2O2/c1-12(2)16-11-9-15-7-4-13(5-8-15)17-10-6-14-3/h12-14H,4-11H2,1-3H3. The van der Waals surface area contributed by atoms with Crippen LogP contribution >= 0.6 is 0 Å². The first kappa shape index (κ1) is 14.9. The molecule has 0 unspecified atom stereocenters. The van der Waals surface area contributed by atoms with Crippen LogP contribution < -0.4 is 5.32 Å². The summed E-state index contributed by atoms with van der Waals surface area (Å²) in [4.78, 5) is 2.47. The van der Waals surface area contributed by atoms with E-state index in [2.05, 4.69) is 24.1 Å². The highest BCUT2D eigenvalue weighted by molar-refractivity contribution is 4.72. The predicted octanol–water partition coefficient (Wildman–Crippen LogP) is 1.11. The van der Waals surface area contributed by atoms with Crippen LogP contribution in [0.4, 0.5) is 0 Å². The molecular weight excluding hydrogens is 216 g/mol. The third kappa shape index (κ3) is 6.99. The largest absolute Gasteiger partial charge is 0.377 e. The van der Waals surface area contributed by atoms with Gasteiger partial charge in [0.05, 0.1) is 25.4 Å². The maximum absolute atomic E-state index is 5.79. The zero-order valence-corrected chi connectivity index (χ0v) is 11.6. The van der Waals surface area contributed by atoms with Crippen molar-refractivity contribution in [3.05, 3.63) is 0 Å². The van der Waals surface area contributed by atoms with Crippen molar-refractivity contribution in [2.24, 2.45) is 0 Å².